The number of rotatable bonds is 5. The molecule has 0 saturated heterocycles. The zero-order valence-electron chi connectivity index (χ0n) is 16.1. The molecule has 7 nitrogen and oxygen atoms in total. The predicted molar refractivity (Wildman–Crippen MR) is 107 cm³/mol. The molecule has 0 saturated carbocycles. The van der Waals surface area contributed by atoms with Gasteiger partial charge in [0.2, 0.25) is 0 Å². The molecule has 0 aliphatic rings. The molecule has 0 bridgehead atoms. The minimum Gasteiger partial charge on any atom is -0.462 e. The molecule has 1 N–H and O–H groups in total. The molecule has 3 heterocycles. The highest BCUT2D eigenvalue weighted by molar-refractivity contribution is 6.05. The number of carbonyl (C=O) groups is 1. The highest BCUT2D eigenvalue weighted by atomic mass is 16.5. The standard InChI is InChI=1S/C21H21N5O2/c1-4-28-21(27)17-12-24-19-14(3)13(2)5-6-16(19)20(17)23-11-15-7-9-22-18-8-10-25-26(15)18/h5-10,12H,4,11H2,1-3H3,(H,23,24). The van der Waals surface area contributed by atoms with Crippen LogP contribution in [0.3, 0.4) is 0 Å². The van der Waals surface area contributed by atoms with Gasteiger partial charge in [-0.2, -0.15) is 5.10 Å². The molecule has 0 fully saturated rings. The van der Waals surface area contributed by atoms with Gasteiger partial charge in [0, 0.05) is 23.8 Å². The second kappa shape index (κ2) is 7.26. The van der Waals surface area contributed by atoms with E-state index in [9.17, 15) is 4.79 Å². The number of nitrogens with one attached hydrogen (secondary N) is 1. The van der Waals surface area contributed by atoms with Gasteiger partial charge in [0.15, 0.2) is 5.65 Å². The van der Waals surface area contributed by atoms with Crippen LogP contribution in [0.1, 0.15) is 34.1 Å². The van der Waals surface area contributed by atoms with Gasteiger partial charge >= 0.3 is 5.97 Å². The normalized spacial score (nSPS) is 11.1. The van der Waals surface area contributed by atoms with E-state index in [1.165, 1.54) is 0 Å². The van der Waals surface area contributed by atoms with E-state index in [4.69, 9.17) is 4.74 Å². The van der Waals surface area contributed by atoms with Crippen molar-refractivity contribution in [3.8, 4) is 0 Å². The van der Waals surface area contributed by atoms with E-state index < -0.39 is 5.97 Å². The Bertz CT molecular complexity index is 1180. The third-order valence-corrected chi connectivity index (χ3v) is 4.87. The summed E-state index contributed by atoms with van der Waals surface area (Å²) in [5.41, 5.74) is 5.95. The zero-order valence-corrected chi connectivity index (χ0v) is 16.1. The van der Waals surface area contributed by atoms with Gasteiger partial charge in [-0.15, -0.1) is 0 Å². The van der Waals surface area contributed by atoms with E-state index in [0.717, 1.165) is 33.4 Å². The van der Waals surface area contributed by atoms with Crippen molar-refractivity contribution in [1.82, 2.24) is 19.6 Å². The summed E-state index contributed by atoms with van der Waals surface area (Å²) in [5, 5.41) is 8.62. The van der Waals surface area contributed by atoms with Crippen molar-refractivity contribution in [3.05, 3.63) is 65.2 Å². The third kappa shape index (κ3) is 3.05. The topological polar surface area (TPSA) is 81.4 Å². The second-order valence-corrected chi connectivity index (χ2v) is 6.56. The number of pyridine rings is 1. The van der Waals surface area contributed by atoms with Gasteiger partial charge in [0.05, 0.1) is 36.2 Å². The maximum Gasteiger partial charge on any atom is 0.341 e. The second-order valence-electron chi connectivity index (χ2n) is 6.56. The minimum absolute atomic E-state index is 0.307. The van der Waals surface area contributed by atoms with Gasteiger partial charge in [0.25, 0.3) is 0 Å². The number of esters is 1. The van der Waals surface area contributed by atoms with Crippen molar-refractivity contribution in [2.75, 3.05) is 11.9 Å². The summed E-state index contributed by atoms with van der Waals surface area (Å²) in [6.45, 7) is 6.65. The molecule has 142 valence electrons. The summed E-state index contributed by atoms with van der Waals surface area (Å²) in [6.07, 6.45) is 5.05. The first-order valence-electron chi connectivity index (χ1n) is 9.17. The first-order valence-corrected chi connectivity index (χ1v) is 9.17. The van der Waals surface area contributed by atoms with Crippen LogP contribution in [0.5, 0.6) is 0 Å². The van der Waals surface area contributed by atoms with Crippen molar-refractivity contribution < 1.29 is 9.53 Å². The van der Waals surface area contributed by atoms with Crippen LogP contribution in [-0.4, -0.2) is 32.2 Å². The fourth-order valence-corrected chi connectivity index (χ4v) is 3.26. The SMILES string of the molecule is CCOC(=O)c1cnc2c(C)c(C)ccc2c1NCc1ccnc2ccnn12. The Morgan fingerprint density at radius 1 is 1.14 bits per heavy atom. The Hall–Kier alpha value is -3.48. The number of hydrogen-bond donors (Lipinski definition) is 1. The lowest BCUT2D eigenvalue weighted by Crippen LogP contribution is -2.13. The van der Waals surface area contributed by atoms with Crippen LogP contribution in [0, 0.1) is 13.8 Å². The van der Waals surface area contributed by atoms with Crippen molar-refractivity contribution in [2.24, 2.45) is 0 Å². The number of anilines is 1. The molecule has 7 heteroatoms. The molecule has 0 aliphatic carbocycles. The largest absolute Gasteiger partial charge is 0.462 e. The van der Waals surface area contributed by atoms with Crippen LogP contribution in [0.2, 0.25) is 0 Å². The molecule has 4 rings (SSSR count). The lowest BCUT2D eigenvalue weighted by Gasteiger charge is -2.16. The highest BCUT2D eigenvalue weighted by Crippen LogP contribution is 2.30. The molecular weight excluding hydrogens is 354 g/mol. The van der Waals surface area contributed by atoms with E-state index in [0.29, 0.717) is 24.4 Å². The Morgan fingerprint density at radius 2 is 2.00 bits per heavy atom. The maximum absolute atomic E-state index is 12.5. The van der Waals surface area contributed by atoms with Gasteiger partial charge in [0.1, 0.15) is 5.56 Å². The molecular formula is C21H21N5O2. The first-order chi connectivity index (χ1) is 13.6. The molecule has 3 aromatic heterocycles. The fraction of sp³-hybridized carbons (Fsp3) is 0.238. The first kappa shape index (κ1) is 17.9. The number of carbonyl (C=O) groups excluding carboxylic acids is 1. The van der Waals surface area contributed by atoms with Crippen molar-refractivity contribution in [3.63, 3.8) is 0 Å². The lowest BCUT2D eigenvalue weighted by atomic mass is 10.0. The number of benzene rings is 1. The number of aromatic nitrogens is 4. The monoisotopic (exact) mass is 375 g/mol. The van der Waals surface area contributed by atoms with E-state index in [1.807, 2.05) is 38.1 Å². The Labute approximate surface area is 162 Å². The van der Waals surface area contributed by atoms with Crippen LogP contribution in [0.4, 0.5) is 5.69 Å². The molecule has 0 atom stereocenters. The number of fused-ring (bicyclic) bond motifs is 2. The number of aryl methyl sites for hydroxylation is 2. The van der Waals surface area contributed by atoms with Gasteiger partial charge < -0.3 is 10.1 Å². The molecule has 0 unspecified atom stereocenters. The van der Waals surface area contributed by atoms with Crippen LogP contribution in [-0.2, 0) is 11.3 Å². The predicted octanol–water partition coefficient (Wildman–Crippen LogP) is 3.68. The van der Waals surface area contributed by atoms with E-state index in [1.54, 1.807) is 30.0 Å². The quantitative estimate of drug-likeness (QED) is 0.536. The lowest BCUT2D eigenvalue weighted by molar-refractivity contribution is 0.0527. The van der Waals surface area contributed by atoms with E-state index >= 15 is 0 Å². The Balaban J connectivity index is 1.80. The van der Waals surface area contributed by atoms with Crippen LogP contribution in [0.15, 0.2) is 42.9 Å². The molecule has 0 spiro atoms. The molecule has 0 radical (unpaired) electrons. The Morgan fingerprint density at radius 3 is 2.82 bits per heavy atom. The van der Waals surface area contributed by atoms with E-state index in [-0.39, 0.29) is 0 Å². The van der Waals surface area contributed by atoms with Crippen LogP contribution < -0.4 is 5.32 Å². The van der Waals surface area contributed by atoms with E-state index in [2.05, 4.69) is 20.4 Å². The smallest absolute Gasteiger partial charge is 0.341 e. The highest BCUT2D eigenvalue weighted by Gasteiger charge is 2.18. The average molecular weight is 375 g/mol. The zero-order chi connectivity index (χ0) is 19.7. The maximum atomic E-state index is 12.5. The Kier molecular flexibility index (Phi) is 4.65. The summed E-state index contributed by atoms with van der Waals surface area (Å²) in [5.74, 6) is -0.392. The van der Waals surface area contributed by atoms with Gasteiger partial charge in [-0.1, -0.05) is 12.1 Å². The summed E-state index contributed by atoms with van der Waals surface area (Å²) < 4.78 is 7.01. The summed E-state index contributed by atoms with van der Waals surface area (Å²) in [6, 6.07) is 7.78. The molecule has 1 aromatic carbocycles. The van der Waals surface area contributed by atoms with Gasteiger partial charge in [-0.05, 0) is 38.0 Å². The average Bonchev–Trinajstić information content (AvgIpc) is 3.18. The number of nitrogens with zero attached hydrogens (tertiary/aromatic N) is 4. The van der Waals surface area contributed by atoms with Crippen molar-refractivity contribution >= 4 is 28.2 Å². The molecule has 28 heavy (non-hydrogen) atoms. The number of hydrogen-bond acceptors (Lipinski definition) is 6. The summed E-state index contributed by atoms with van der Waals surface area (Å²) >= 11 is 0. The minimum atomic E-state index is -0.392. The molecule has 0 amide bonds. The number of ether oxygens (including phenoxy) is 1. The van der Waals surface area contributed by atoms with Crippen LogP contribution >= 0.6 is 0 Å². The fourth-order valence-electron chi connectivity index (χ4n) is 3.26. The molecule has 0 aliphatic heterocycles. The van der Waals surface area contributed by atoms with Crippen molar-refractivity contribution in [2.45, 2.75) is 27.3 Å². The molecule has 4 aromatic rings. The van der Waals surface area contributed by atoms with Crippen molar-refractivity contribution in [1.29, 1.82) is 0 Å². The van der Waals surface area contributed by atoms with Gasteiger partial charge in [-0.25, -0.2) is 14.3 Å². The third-order valence-electron chi connectivity index (χ3n) is 4.87. The van der Waals surface area contributed by atoms with Crippen LogP contribution in [0.25, 0.3) is 16.6 Å². The van der Waals surface area contributed by atoms with Gasteiger partial charge in [-0.3, -0.25) is 4.98 Å². The summed E-state index contributed by atoms with van der Waals surface area (Å²) in [7, 11) is 0. The summed E-state index contributed by atoms with van der Waals surface area (Å²) in [4.78, 5) is 21.3.